The van der Waals surface area contributed by atoms with Gasteiger partial charge in [-0.1, -0.05) is 13.8 Å². The van der Waals surface area contributed by atoms with Gasteiger partial charge in [-0.2, -0.15) is 0 Å². The minimum atomic E-state index is 0.433. The summed E-state index contributed by atoms with van der Waals surface area (Å²) in [6, 6.07) is 9.65. The van der Waals surface area contributed by atoms with Crippen molar-refractivity contribution in [1.82, 2.24) is 5.32 Å². The highest BCUT2D eigenvalue weighted by molar-refractivity contribution is 5.31. The van der Waals surface area contributed by atoms with Crippen molar-refractivity contribution < 1.29 is 13.9 Å². The lowest BCUT2D eigenvalue weighted by Gasteiger charge is -2.08. The second-order valence-corrected chi connectivity index (χ2v) is 4.76. The number of rotatable bonds is 9. The SMILES string of the molecule is CCCOc1ccc(OCc2occc2CNCC)cc1. The van der Waals surface area contributed by atoms with Crippen LogP contribution >= 0.6 is 0 Å². The van der Waals surface area contributed by atoms with Crippen molar-refractivity contribution in [2.45, 2.75) is 33.4 Å². The van der Waals surface area contributed by atoms with E-state index in [2.05, 4.69) is 19.2 Å². The molecule has 0 aliphatic carbocycles. The number of ether oxygens (including phenoxy) is 2. The summed E-state index contributed by atoms with van der Waals surface area (Å²) in [4.78, 5) is 0. The van der Waals surface area contributed by atoms with Gasteiger partial charge in [-0.25, -0.2) is 0 Å². The third-order valence-corrected chi connectivity index (χ3v) is 3.07. The molecule has 2 aromatic rings. The lowest BCUT2D eigenvalue weighted by atomic mass is 10.2. The van der Waals surface area contributed by atoms with E-state index in [-0.39, 0.29) is 0 Å². The smallest absolute Gasteiger partial charge is 0.146 e. The van der Waals surface area contributed by atoms with Gasteiger partial charge in [0.2, 0.25) is 0 Å². The molecule has 0 saturated carbocycles. The van der Waals surface area contributed by atoms with E-state index in [0.29, 0.717) is 6.61 Å². The Morgan fingerprint density at radius 2 is 1.71 bits per heavy atom. The van der Waals surface area contributed by atoms with E-state index < -0.39 is 0 Å². The molecule has 0 atom stereocenters. The molecule has 0 radical (unpaired) electrons. The normalized spacial score (nSPS) is 10.6. The van der Waals surface area contributed by atoms with Crippen LogP contribution in [-0.2, 0) is 13.2 Å². The van der Waals surface area contributed by atoms with Crippen LogP contribution in [0, 0.1) is 0 Å². The highest BCUT2D eigenvalue weighted by atomic mass is 16.5. The van der Waals surface area contributed by atoms with Crippen LogP contribution in [-0.4, -0.2) is 13.2 Å². The highest BCUT2D eigenvalue weighted by Gasteiger charge is 2.06. The molecule has 0 unspecified atom stereocenters. The maximum atomic E-state index is 5.75. The van der Waals surface area contributed by atoms with Crippen molar-refractivity contribution >= 4 is 0 Å². The fraction of sp³-hybridized carbons (Fsp3) is 0.412. The average Bonchev–Trinajstić information content (AvgIpc) is 2.97. The van der Waals surface area contributed by atoms with Crippen LogP contribution in [0.4, 0.5) is 0 Å². The van der Waals surface area contributed by atoms with E-state index in [1.54, 1.807) is 6.26 Å². The van der Waals surface area contributed by atoms with Crippen LogP contribution in [0.15, 0.2) is 41.0 Å². The van der Waals surface area contributed by atoms with Gasteiger partial charge < -0.3 is 19.2 Å². The molecule has 0 saturated heterocycles. The van der Waals surface area contributed by atoms with Gasteiger partial charge in [0.15, 0.2) is 0 Å². The van der Waals surface area contributed by atoms with Crippen molar-refractivity contribution in [2.75, 3.05) is 13.2 Å². The lowest BCUT2D eigenvalue weighted by Crippen LogP contribution is -2.12. The summed E-state index contributed by atoms with van der Waals surface area (Å²) in [7, 11) is 0. The van der Waals surface area contributed by atoms with Crippen molar-refractivity contribution in [1.29, 1.82) is 0 Å². The Kier molecular flexibility index (Phi) is 6.16. The Morgan fingerprint density at radius 1 is 1.00 bits per heavy atom. The first-order chi connectivity index (χ1) is 10.3. The van der Waals surface area contributed by atoms with Gasteiger partial charge in [-0.3, -0.25) is 0 Å². The first kappa shape index (κ1) is 15.4. The van der Waals surface area contributed by atoms with Gasteiger partial charge in [-0.15, -0.1) is 0 Å². The monoisotopic (exact) mass is 289 g/mol. The van der Waals surface area contributed by atoms with E-state index in [1.807, 2.05) is 30.3 Å². The molecule has 21 heavy (non-hydrogen) atoms. The molecular weight excluding hydrogens is 266 g/mol. The third-order valence-electron chi connectivity index (χ3n) is 3.07. The molecule has 0 bridgehead atoms. The zero-order valence-corrected chi connectivity index (χ0v) is 12.7. The molecule has 114 valence electrons. The number of benzene rings is 1. The van der Waals surface area contributed by atoms with Crippen LogP contribution in [0.1, 0.15) is 31.6 Å². The van der Waals surface area contributed by atoms with E-state index >= 15 is 0 Å². The van der Waals surface area contributed by atoms with E-state index in [4.69, 9.17) is 13.9 Å². The minimum Gasteiger partial charge on any atom is -0.494 e. The molecule has 4 heteroatoms. The predicted octanol–water partition coefficient (Wildman–Crippen LogP) is 3.76. The van der Waals surface area contributed by atoms with E-state index in [1.165, 1.54) is 0 Å². The van der Waals surface area contributed by atoms with E-state index in [0.717, 1.165) is 48.9 Å². The molecule has 0 aliphatic rings. The van der Waals surface area contributed by atoms with Gasteiger partial charge >= 0.3 is 0 Å². The summed E-state index contributed by atoms with van der Waals surface area (Å²) < 4.78 is 16.8. The van der Waals surface area contributed by atoms with Crippen LogP contribution in [0.2, 0.25) is 0 Å². The second-order valence-electron chi connectivity index (χ2n) is 4.76. The Morgan fingerprint density at radius 3 is 2.38 bits per heavy atom. The maximum Gasteiger partial charge on any atom is 0.146 e. The Hall–Kier alpha value is -1.94. The molecule has 1 N–H and O–H groups in total. The molecule has 4 nitrogen and oxygen atoms in total. The maximum absolute atomic E-state index is 5.75. The van der Waals surface area contributed by atoms with Crippen molar-refractivity contribution in [3.05, 3.63) is 47.9 Å². The Labute approximate surface area is 126 Å². The largest absolute Gasteiger partial charge is 0.494 e. The zero-order chi connectivity index (χ0) is 14.9. The average molecular weight is 289 g/mol. The number of hydrogen-bond donors (Lipinski definition) is 1. The summed E-state index contributed by atoms with van der Waals surface area (Å²) in [6.07, 6.45) is 2.71. The van der Waals surface area contributed by atoms with Gasteiger partial charge in [0.05, 0.1) is 12.9 Å². The second kappa shape index (κ2) is 8.37. The van der Waals surface area contributed by atoms with Crippen molar-refractivity contribution in [3.63, 3.8) is 0 Å². The number of hydrogen-bond acceptors (Lipinski definition) is 4. The molecule has 1 aromatic carbocycles. The summed E-state index contributed by atoms with van der Waals surface area (Å²) in [5, 5.41) is 3.28. The fourth-order valence-electron chi connectivity index (χ4n) is 1.91. The number of nitrogens with one attached hydrogen (secondary N) is 1. The summed E-state index contributed by atoms with van der Waals surface area (Å²) in [5.74, 6) is 2.54. The first-order valence-corrected chi connectivity index (χ1v) is 7.45. The highest BCUT2D eigenvalue weighted by Crippen LogP contribution is 2.20. The fourth-order valence-corrected chi connectivity index (χ4v) is 1.91. The predicted molar refractivity (Wildman–Crippen MR) is 82.6 cm³/mol. The standard InChI is InChI=1S/C17H23NO3/c1-3-10-19-15-5-7-16(8-6-15)21-13-17-14(9-11-20-17)12-18-4-2/h5-9,11,18H,3-4,10,12-13H2,1-2H3. The summed E-state index contributed by atoms with van der Waals surface area (Å²) in [5.41, 5.74) is 1.14. The third kappa shape index (κ3) is 4.83. The van der Waals surface area contributed by atoms with E-state index in [9.17, 15) is 0 Å². The molecule has 0 amide bonds. The van der Waals surface area contributed by atoms with Crippen LogP contribution in [0.25, 0.3) is 0 Å². The Balaban J connectivity index is 1.86. The quantitative estimate of drug-likeness (QED) is 0.763. The molecule has 0 fully saturated rings. The van der Waals surface area contributed by atoms with Crippen LogP contribution < -0.4 is 14.8 Å². The molecule has 1 aromatic heterocycles. The van der Waals surface area contributed by atoms with Gasteiger partial charge in [0.1, 0.15) is 23.9 Å². The summed E-state index contributed by atoms with van der Waals surface area (Å²) >= 11 is 0. The van der Waals surface area contributed by atoms with Gasteiger partial charge in [0, 0.05) is 12.1 Å². The molecular formula is C17H23NO3. The molecule has 0 spiro atoms. The van der Waals surface area contributed by atoms with Crippen molar-refractivity contribution in [2.24, 2.45) is 0 Å². The minimum absolute atomic E-state index is 0.433. The van der Waals surface area contributed by atoms with Gasteiger partial charge in [0.25, 0.3) is 0 Å². The molecule has 2 rings (SSSR count). The van der Waals surface area contributed by atoms with Crippen LogP contribution in [0.3, 0.4) is 0 Å². The number of furan rings is 1. The Bertz CT molecular complexity index is 519. The topological polar surface area (TPSA) is 43.6 Å². The van der Waals surface area contributed by atoms with Gasteiger partial charge in [-0.05, 0) is 43.3 Å². The summed E-state index contributed by atoms with van der Waals surface area (Å²) in [6.45, 7) is 7.08. The van der Waals surface area contributed by atoms with Crippen LogP contribution in [0.5, 0.6) is 11.5 Å². The molecule has 1 heterocycles. The first-order valence-electron chi connectivity index (χ1n) is 7.45. The van der Waals surface area contributed by atoms with Crippen molar-refractivity contribution in [3.8, 4) is 11.5 Å². The molecule has 0 aliphatic heterocycles. The zero-order valence-electron chi connectivity index (χ0n) is 12.7. The lowest BCUT2D eigenvalue weighted by molar-refractivity contribution is 0.267.